The van der Waals surface area contributed by atoms with E-state index < -0.39 is 0 Å². The lowest BCUT2D eigenvalue weighted by atomic mass is 9.82. The highest BCUT2D eigenvalue weighted by Gasteiger charge is 2.15. The Morgan fingerprint density at radius 3 is 2.14 bits per heavy atom. The van der Waals surface area contributed by atoms with Crippen molar-refractivity contribution in [3.63, 3.8) is 0 Å². The fourth-order valence-electron chi connectivity index (χ4n) is 2.42. The Hall–Kier alpha value is -0.260. The van der Waals surface area contributed by atoms with Crippen molar-refractivity contribution in [3.05, 3.63) is 12.2 Å². The van der Waals surface area contributed by atoms with Crippen LogP contribution in [0, 0.1) is 17.8 Å². The van der Waals surface area contributed by atoms with Crippen LogP contribution in [0.2, 0.25) is 0 Å². The van der Waals surface area contributed by atoms with Crippen molar-refractivity contribution < 1.29 is 0 Å². The zero-order chi connectivity index (χ0) is 10.6. The van der Waals surface area contributed by atoms with Gasteiger partial charge in [-0.3, -0.25) is 0 Å². The summed E-state index contributed by atoms with van der Waals surface area (Å²) in [6.45, 7) is 11.4. The van der Waals surface area contributed by atoms with Crippen molar-refractivity contribution in [2.24, 2.45) is 17.8 Å². The molecule has 1 aliphatic carbocycles. The van der Waals surface area contributed by atoms with E-state index >= 15 is 0 Å². The van der Waals surface area contributed by atoms with Crippen molar-refractivity contribution in [2.75, 3.05) is 0 Å². The maximum Gasteiger partial charge on any atom is -0.0234 e. The highest BCUT2D eigenvalue weighted by atomic mass is 14.2. The van der Waals surface area contributed by atoms with Gasteiger partial charge in [-0.15, -0.1) is 0 Å². The van der Waals surface area contributed by atoms with Crippen LogP contribution in [0.1, 0.15) is 59.3 Å². The minimum atomic E-state index is 0.760. The first-order valence-corrected chi connectivity index (χ1v) is 6.29. The predicted molar refractivity (Wildman–Crippen MR) is 64.3 cm³/mol. The zero-order valence-electron chi connectivity index (χ0n) is 10.2. The van der Waals surface area contributed by atoms with Crippen molar-refractivity contribution in [3.8, 4) is 0 Å². The molecule has 0 spiro atoms. The van der Waals surface area contributed by atoms with Gasteiger partial charge in [0.05, 0.1) is 0 Å². The van der Waals surface area contributed by atoms with Gasteiger partial charge >= 0.3 is 0 Å². The van der Waals surface area contributed by atoms with Crippen molar-refractivity contribution >= 4 is 0 Å². The number of hydrogen-bond donors (Lipinski definition) is 0. The molecule has 0 heterocycles. The van der Waals surface area contributed by atoms with Gasteiger partial charge in [0.25, 0.3) is 0 Å². The van der Waals surface area contributed by atoms with Gasteiger partial charge in [0.1, 0.15) is 0 Å². The Morgan fingerprint density at radius 1 is 0.929 bits per heavy atom. The molecule has 1 saturated carbocycles. The highest BCUT2D eigenvalue weighted by Crippen LogP contribution is 2.29. The summed E-state index contributed by atoms with van der Waals surface area (Å²) in [5.74, 6) is 2.60. The quantitative estimate of drug-likeness (QED) is 0.486. The average Bonchev–Trinajstić information content (AvgIpc) is 2.15. The van der Waals surface area contributed by atoms with Crippen LogP contribution >= 0.6 is 0 Å². The third kappa shape index (κ3) is 3.48. The minimum Gasteiger partial charge on any atom is -0.0996 e. The molecule has 3 atom stereocenters. The van der Waals surface area contributed by atoms with Crippen molar-refractivity contribution in [1.82, 2.24) is 0 Å². The van der Waals surface area contributed by atoms with Crippen LogP contribution in [0.5, 0.6) is 0 Å². The topological polar surface area (TPSA) is 0 Å². The smallest absolute Gasteiger partial charge is 0.0234 e. The van der Waals surface area contributed by atoms with E-state index in [1.165, 1.54) is 44.1 Å². The van der Waals surface area contributed by atoms with E-state index in [0.717, 1.165) is 17.8 Å². The molecule has 82 valence electrons. The standard InChI is InChI=1S/C14H26/c1-11-7-5-9-13(3)14(4)10-6-8-12(11)2/h12-14H,1,5-10H2,2-4H3. The Kier molecular flexibility index (Phi) is 4.71. The summed E-state index contributed by atoms with van der Waals surface area (Å²) in [6.07, 6.45) is 8.18. The van der Waals surface area contributed by atoms with E-state index in [-0.39, 0.29) is 0 Å². The molecule has 0 aromatic carbocycles. The van der Waals surface area contributed by atoms with Gasteiger partial charge in [-0.2, -0.15) is 0 Å². The molecule has 0 amide bonds. The van der Waals surface area contributed by atoms with E-state index in [0.29, 0.717) is 0 Å². The molecule has 14 heavy (non-hydrogen) atoms. The molecule has 1 rings (SSSR count). The van der Waals surface area contributed by atoms with Gasteiger partial charge in [0.2, 0.25) is 0 Å². The van der Waals surface area contributed by atoms with Crippen LogP contribution in [0.25, 0.3) is 0 Å². The fraction of sp³-hybridized carbons (Fsp3) is 0.857. The summed E-state index contributed by atoms with van der Waals surface area (Å²) >= 11 is 0. The highest BCUT2D eigenvalue weighted by molar-refractivity contribution is 4.99. The monoisotopic (exact) mass is 194 g/mol. The first-order chi connectivity index (χ1) is 6.61. The third-order valence-corrected chi connectivity index (χ3v) is 4.12. The number of rotatable bonds is 0. The van der Waals surface area contributed by atoms with Gasteiger partial charge < -0.3 is 0 Å². The summed E-state index contributed by atoms with van der Waals surface area (Å²) in [4.78, 5) is 0. The van der Waals surface area contributed by atoms with Gasteiger partial charge in [-0.25, -0.2) is 0 Å². The molecule has 1 aliphatic rings. The Bertz CT molecular complexity index is 180. The molecule has 1 fully saturated rings. The molecule has 0 radical (unpaired) electrons. The van der Waals surface area contributed by atoms with E-state index in [1.807, 2.05) is 0 Å². The van der Waals surface area contributed by atoms with E-state index in [9.17, 15) is 0 Å². The average molecular weight is 194 g/mol. The molecule has 0 N–H and O–H groups in total. The molecule has 0 aromatic rings. The molecule has 0 saturated heterocycles. The summed E-state index contributed by atoms with van der Waals surface area (Å²) in [7, 11) is 0. The first kappa shape index (κ1) is 11.8. The molecule has 0 aromatic heterocycles. The Labute approximate surface area is 89.8 Å². The van der Waals surface area contributed by atoms with Crippen molar-refractivity contribution in [1.29, 1.82) is 0 Å². The molecular weight excluding hydrogens is 168 g/mol. The normalized spacial score (nSPS) is 36.8. The molecule has 0 bridgehead atoms. The fourth-order valence-corrected chi connectivity index (χ4v) is 2.42. The number of allylic oxidation sites excluding steroid dienone is 1. The maximum absolute atomic E-state index is 4.21. The molecule has 0 nitrogen and oxygen atoms in total. The van der Waals surface area contributed by atoms with E-state index in [4.69, 9.17) is 0 Å². The van der Waals surface area contributed by atoms with E-state index in [2.05, 4.69) is 27.4 Å². The van der Waals surface area contributed by atoms with Crippen LogP contribution in [-0.4, -0.2) is 0 Å². The molecular formula is C14H26. The molecule has 0 aliphatic heterocycles. The predicted octanol–water partition coefficient (Wildman–Crippen LogP) is 4.81. The van der Waals surface area contributed by atoms with Crippen LogP contribution in [0.3, 0.4) is 0 Å². The minimum absolute atomic E-state index is 0.760. The third-order valence-electron chi connectivity index (χ3n) is 4.12. The van der Waals surface area contributed by atoms with E-state index in [1.54, 1.807) is 0 Å². The van der Waals surface area contributed by atoms with Crippen LogP contribution < -0.4 is 0 Å². The summed E-state index contributed by atoms with van der Waals surface area (Å²) in [6, 6.07) is 0. The van der Waals surface area contributed by atoms with Crippen LogP contribution in [-0.2, 0) is 0 Å². The SMILES string of the molecule is C=C1CCCC(C)C(C)CCCC1C. The Morgan fingerprint density at radius 2 is 1.50 bits per heavy atom. The lowest BCUT2D eigenvalue weighted by molar-refractivity contribution is 0.312. The second kappa shape index (κ2) is 5.58. The summed E-state index contributed by atoms with van der Waals surface area (Å²) in [5.41, 5.74) is 1.49. The lowest BCUT2D eigenvalue weighted by Crippen LogP contribution is -2.11. The molecule has 0 heteroatoms. The first-order valence-electron chi connectivity index (χ1n) is 6.29. The van der Waals surface area contributed by atoms with Gasteiger partial charge in [0.15, 0.2) is 0 Å². The maximum atomic E-state index is 4.21. The number of hydrogen-bond acceptors (Lipinski definition) is 0. The van der Waals surface area contributed by atoms with Gasteiger partial charge in [0, 0.05) is 0 Å². The van der Waals surface area contributed by atoms with Crippen molar-refractivity contribution in [2.45, 2.75) is 59.3 Å². The Balaban J connectivity index is 2.46. The molecule has 3 unspecified atom stereocenters. The second-order valence-corrected chi connectivity index (χ2v) is 5.34. The van der Waals surface area contributed by atoms with Gasteiger partial charge in [-0.05, 0) is 37.0 Å². The second-order valence-electron chi connectivity index (χ2n) is 5.34. The summed E-state index contributed by atoms with van der Waals surface area (Å²) in [5, 5.41) is 0. The van der Waals surface area contributed by atoms with Gasteiger partial charge in [-0.1, -0.05) is 52.2 Å². The zero-order valence-corrected chi connectivity index (χ0v) is 10.2. The summed E-state index contributed by atoms with van der Waals surface area (Å²) < 4.78 is 0. The van der Waals surface area contributed by atoms with Crippen LogP contribution in [0.15, 0.2) is 12.2 Å². The largest absolute Gasteiger partial charge is 0.0996 e. The van der Waals surface area contributed by atoms with Crippen LogP contribution in [0.4, 0.5) is 0 Å². The lowest BCUT2D eigenvalue weighted by Gasteiger charge is -2.24.